The Bertz CT molecular complexity index is 1010. The summed E-state index contributed by atoms with van der Waals surface area (Å²) in [4.78, 5) is 18.3. The lowest BCUT2D eigenvalue weighted by molar-refractivity contribution is 0.480. The van der Waals surface area contributed by atoms with Crippen molar-refractivity contribution in [1.82, 2.24) is 9.97 Å². The maximum absolute atomic E-state index is 10.4. The molecule has 24 heavy (non-hydrogen) atoms. The fourth-order valence-corrected chi connectivity index (χ4v) is 2.31. The smallest absolute Gasteiger partial charge is 0.141 e. The number of rotatable bonds is 1. The molecule has 2 heterocycles. The molecule has 4 rings (SSSR count). The molecule has 6 nitrogen and oxygen atoms in total. The first-order valence-corrected chi connectivity index (χ1v) is 7.13. The van der Waals surface area contributed by atoms with Crippen molar-refractivity contribution < 1.29 is 10.2 Å². The predicted octanol–water partition coefficient (Wildman–Crippen LogP) is 4.28. The molecule has 0 aliphatic carbocycles. The molecule has 0 bridgehead atoms. The summed E-state index contributed by atoms with van der Waals surface area (Å²) in [6.07, 6.45) is 3.22. The Labute approximate surface area is 137 Å². The third kappa shape index (κ3) is 2.98. The van der Waals surface area contributed by atoms with Gasteiger partial charge in [0.2, 0.25) is 0 Å². The highest BCUT2D eigenvalue weighted by molar-refractivity contribution is 5.93. The molecule has 0 spiro atoms. The van der Waals surface area contributed by atoms with Gasteiger partial charge in [-0.05, 0) is 41.6 Å². The van der Waals surface area contributed by atoms with Gasteiger partial charge in [0.15, 0.2) is 0 Å². The van der Waals surface area contributed by atoms with Crippen molar-refractivity contribution in [3.8, 4) is 11.5 Å². The molecule has 0 unspecified atom stereocenters. The van der Waals surface area contributed by atoms with Crippen LogP contribution < -0.4 is 0 Å². The molecule has 0 saturated heterocycles. The van der Waals surface area contributed by atoms with Gasteiger partial charge < -0.3 is 10.2 Å². The quantitative estimate of drug-likeness (QED) is 0.510. The highest BCUT2D eigenvalue weighted by atomic mass is 16.3. The molecule has 118 valence electrons. The molecule has 2 N–H and O–H groups in total. The first kappa shape index (κ1) is 15.4. The average molecular weight is 319 g/mol. The fourth-order valence-electron chi connectivity index (χ4n) is 2.31. The summed E-state index contributed by atoms with van der Waals surface area (Å²) >= 11 is 0. The van der Waals surface area contributed by atoms with Crippen LogP contribution in [-0.4, -0.2) is 20.2 Å². The first-order chi connectivity index (χ1) is 11.7. The second-order valence-electron chi connectivity index (χ2n) is 4.95. The fraction of sp³-hybridized carbons (Fsp3) is 0. The van der Waals surface area contributed by atoms with Crippen LogP contribution in [0.25, 0.3) is 21.8 Å². The van der Waals surface area contributed by atoms with E-state index in [1.807, 2.05) is 18.2 Å². The van der Waals surface area contributed by atoms with Gasteiger partial charge in [0.1, 0.15) is 28.2 Å². The summed E-state index contributed by atoms with van der Waals surface area (Å²) in [6.45, 7) is 0. The molecular weight excluding hydrogens is 306 g/mol. The molecule has 2 aromatic heterocycles. The number of nitrogens with zero attached hydrogens (tertiary/aromatic N) is 3. The van der Waals surface area contributed by atoms with Crippen molar-refractivity contribution in [3.63, 3.8) is 0 Å². The third-order valence-corrected chi connectivity index (χ3v) is 3.44. The zero-order valence-electron chi connectivity index (χ0n) is 12.5. The van der Waals surface area contributed by atoms with Crippen LogP contribution >= 0.6 is 0 Å². The second kappa shape index (κ2) is 6.70. The lowest BCUT2D eigenvalue weighted by Crippen LogP contribution is -1.78. The van der Waals surface area contributed by atoms with Crippen LogP contribution in [0.2, 0.25) is 0 Å². The van der Waals surface area contributed by atoms with E-state index in [1.54, 1.807) is 36.7 Å². The molecule has 6 heteroatoms. The van der Waals surface area contributed by atoms with E-state index in [0.717, 1.165) is 5.39 Å². The Balaban J connectivity index is 0.000000143. The monoisotopic (exact) mass is 319 g/mol. The number of phenolic OH excluding ortho intramolecular Hbond substituents is 2. The summed E-state index contributed by atoms with van der Waals surface area (Å²) in [5.74, 6) is 0.297. The maximum Gasteiger partial charge on any atom is 0.141 e. The number of aromatic hydroxyl groups is 2. The molecule has 0 saturated carbocycles. The topological polar surface area (TPSA) is 95.7 Å². The number of phenols is 2. The van der Waals surface area contributed by atoms with E-state index in [-0.39, 0.29) is 11.5 Å². The Kier molecular flexibility index (Phi) is 4.29. The highest BCUT2D eigenvalue weighted by Gasteiger charge is 2.05. The molecule has 0 fully saturated rings. The Morgan fingerprint density at radius 2 is 1.42 bits per heavy atom. The summed E-state index contributed by atoms with van der Waals surface area (Å²) < 4.78 is 0. The molecular formula is C18H13N3O3. The van der Waals surface area contributed by atoms with Gasteiger partial charge in [0, 0.05) is 23.2 Å². The van der Waals surface area contributed by atoms with Crippen molar-refractivity contribution in [2.24, 2.45) is 5.18 Å². The SMILES string of the molecule is O=Nc1ccc(O)c2ncccc12.Oc1cccc2cccnc12. The number of benzene rings is 2. The average Bonchev–Trinajstić information content (AvgIpc) is 2.63. The number of pyridine rings is 2. The van der Waals surface area contributed by atoms with Gasteiger partial charge in [0.25, 0.3) is 0 Å². The summed E-state index contributed by atoms with van der Waals surface area (Å²) in [7, 11) is 0. The third-order valence-electron chi connectivity index (χ3n) is 3.44. The molecule has 4 aromatic rings. The van der Waals surface area contributed by atoms with Gasteiger partial charge >= 0.3 is 0 Å². The van der Waals surface area contributed by atoms with E-state index in [1.165, 1.54) is 12.1 Å². The lowest BCUT2D eigenvalue weighted by atomic mass is 10.2. The normalized spacial score (nSPS) is 10.2. The molecule has 2 aromatic carbocycles. The van der Waals surface area contributed by atoms with Gasteiger partial charge in [-0.2, -0.15) is 0 Å². The van der Waals surface area contributed by atoms with Crippen LogP contribution in [0.5, 0.6) is 11.5 Å². The highest BCUT2D eigenvalue weighted by Crippen LogP contribution is 2.30. The second-order valence-corrected chi connectivity index (χ2v) is 4.95. The van der Waals surface area contributed by atoms with Crippen molar-refractivity contribution in [2.75, 3.05) is 0 Å². The van der Waals surface area contributed by atoms with Gasteiger partial charge in [-0.3, -0.25) is 9.97 Å². The molecule has 0 radical (unpaired) electrons. The van der Waals surface area contributed by atoms with Gasteiger partial charge in [0.05, 0.1) is 0 Å². The Morgan fingerprint density at radius 1 is 0.750 bits per heavy atom. The zero-order chi connectivity index (χ0) is 16.9. The number of hydrogen-bond donors (Lipinski definition) is 2. The minimum absolute atomic E-state index is 0.0583. The van der Waals surface area contributed by atoms with E-state index in [2.05, 4.69) is 15.1 Å². The minimum atomic E-state index is 0.0583. The zero-order valence-corrected chi connectivity index (χ0v) is 12.5. The van der Waals surface area contributed by atoms with Crippen LogP contribution in [0.4, 0.5) is 5.69 Å². The summed E-state index contributed by atoms with van der Waals surface area (Å²) in [6, 6.07) is 15.4. The lowest BCUT2D eigenvalue weighted by Gasteiger charge is -1.99. The van der Waals surface area contributed by atoms with Crippen LogP contribution in [0, 0.1) is 4.91 Å². The number of hydrogen-bond acceptors (Lipinski definition) is 6. The van der Waals surface area contributed by atoms with Crippen LogP contribution in [0.15, 0.2) is 72.2 Å². The van der Waals surface area contributed by atoms with E-state index >= 15 is 0 Å². The summed E-state index contributed by atoms with van der Waals surface area (Å²) in [5, 5.41) is 23.1. The maximum atomic E-state index is 10.4. The standard InChI is InChI=1S/C9H6N2O2.C9H7NO/c12-8-4-3-7(11-13)6-2-1-5-10-9(6)8;11-8-5-1-3-7-4-2-6-10-9(7)8/h1-5,12H;1-6,11H. The number of nitroso groups, excluding NO2 is 1. The number of para-hydroxylation sites is 1. The van der Waals surface area contributed by atoms with Crippen LogP contribution in [0.1, 0.15) is 0 Å². The molecule has 0 atom stereocenters. The van der Waals surface area contributed by atoms with E-state index in [0.29, 0.717) is 22.1 Å². The molecule has 0 aliphatic rings. The van der Waals surface area contributed by atoms with Gasteiger partial charge in [-0.15, -0.1) is 4.91 Å². The number of fused-ring (bicyclic) bond motifs is 2. The van der Waals surface area contributed by atoms with E-state index in [4.69, 9.17) is 0 Å². The minimum Gasteiger partial charge on any atom is -0.506 e. The van der Waals surface area contributed by atoms with Crippen molar-refractivity contribution >= 4 is 27.5 Å². The van der Waals surface area contributed by atoms with Gasteiger partial charge in [-0.1, -0.05) is 18.2 Å². The van der Waals surface area contributed by atoms with Crippen LogP contribution in [0.3, 0.4) is 0 Å². The van der Waals surface area contributed by atoms with Gasteiger partial charge in [-0.25, -0.2) is 0 Å². The Morgan fingerprint density at radius 3 is 2.17 bits per heavy atom. The predicted molar refractivity (Wildman–Crippen MR) is 92.3 cm³/mol. The van der Waals surface area contributed by atoms with E-state index < -0.39 is 0 Å². The van der Waals surface area contributed by atoms with E-state index in [9.17, 15) is 15.1 Å². The number of aromatic nitrogens is 2. The molecule has 0 amide bonds. The summed E-state index contributed by atoms with van der Waals surface area (Å²) in [5.41, 5.74) is 1.36. The van der Waals surface area contributed by atoms with Crippen molar-refractivity contribution in [3.05, 3.63) is 71.9 Å². The van der Waals surface area contributed by atoms with Crippen LogP contribution in [-0.2, 0) is 0 Å². The molecule has 0 aliphatic heterocycles. The Hall–Kier alpha value is -3.54. The van der Waals surface area contributed by atoms with Crippen molar-refractivity contribution in [1.29, 1.82) is 0 Å². The largest absolute Gasteiger partial charge is 0.506 e. The van der Waals surface area contributed by atoms with Crippen molar-refractivity contribution in [2.45, 2.75) is 0 Å². The first-order valence-electron chi connectivity index (χ1n) is 7.13.